The predicted octanol–water partition coefficient (Wildman–Crippen LogP) is 3.96. The normalized spacial score (nSPS) is 15.2. The molecule has 1 aliphatic rings. The van der Waals surface area contributed by atoms with Crippen molar-refractivity contribution >= 4 is 42.1 Å². The first-order chi connectivity index (χ1) is 10.6. The molecule has 7 heteroatoms. The molecule has 3 rings (SSSR count). The van der Waals surface area contributed by atoms with E-state index >= 15 is 0 Å². The number of thiazole rings is 1. The number of aromatic nitrogens is 1. The van der Waals surface area contributed by atoms with E-state index in [1.54, 1.807) is 0 Å². The van der Waals surface area contributed by atoms with E-state index in [0.29, 0.717) is 11.4 Å². The van der Waals surface area contributed by atoms with Gasteiger partial charge in [-0.2, -0.15) is 0 Å². The van der Waals surface area contributed by atoms with Crippen LogP contribution < -0.4 is 11.1 Å². The van der Waals surface area contributed by atoms with Crippen LogP contribution in [-0.4, -0.2) is 23.0 Å². The fourth-order valence-corrected chi connectivity index (χ4v) is 4.01. The Morgan fingerprint density at radius 1 is 1.25 bits per heavy atom. The van der Waals surface area contributed by atoms with Crippen molar-refractivity contribution in [2.24, 2.45) is 5.73 Å². The molecule has 1 amide bonds. The summed E-state index contributed by atoms with van der Waals surface area (Å²) in [5.41, 5.74) is 7.51. The lowest BCUT2D eigenvalue weighted by Crippen LogP contribution is -2.51. The number of hydrogen-bond acceptors (Lipinski definition) is 4. The van der Waals surface area contributed by atoms with Crippen molar-refractivity contribution in [2.75, 3.05) is 6.54 Å². The van der Waals surface area contributed by atoms with Gasteiger partial charge in [-0.25, -0.2) is 4.98 Å². The maximum Gasteiger partial charge on any atom is 0.263 e. The minimum Gasteiger partial charge on any atom is -0.345 e. The Kier molecular flexibility index (Phi) is 7.67. The molecule has 1 aromatic heterocycles. The quantitative estimate of drug-likeness (QED) is 0.833. The Morgan fingerprint density at radius 2 is 1.88 bits per heavy atom. The van der Waals surface area contributed by atoms with Crippen molar-refractivity contribution in [3.63, 3.8) is 0 Å². The molecule has 0 spiro atoms. The Morgan fingerprint density at radius 3 is 2.46 bits per heavy atom. The van der Waals surface area contributed by atoms with Gasteiger partial charge < -0.3 is 11.1 Å². The average molecular weight is 388 g/mol. The summed E-state index contributed by atoms with van der Waals surface area (Å²) in [5.74, 6) is -0.0375. The molecule has 1 saturated carbocycles. The number of nitrogens with two attached hydrogens (primary N) is 1. The van der Waals surface area contributed by atoms with Crippen LogP contribution in [0.4, 0.5) is 0 Å². The topological polar surface area (TPSA) is 68.0 Å². The van der Waals surface area contributed by atoms with E-state index in [1.165, 1.54) is 11.3 Å². The second-order valence-corrected chi connectivity index (χ2v) is 6.94. The molecule has 24 heavy (non-hydrogen) atoms. The van der Waals surface area contributed by atoms with E-state index in [0.717, 1.165) is 41.9 Å². The van der Waals surface area contributed by atoms with E-state index in [2.05, 4.69) is 10.3 Å². The summed E-state index contributed by atoms with van der Waals surface area (Å²) in [6.07, 6.45) is 4.21. The zero-order chi connectivity index (χ0) is 15.6. The fraction of sp³-hybridized carbons (Fsp3) is 0.412. The minimum atomic E-state index is -0.222. The van der Waals surface area contributed by atoms with Crippen molar-refractivity contribution in [1.29, 1.82) is 0 Å². The lowest BCUT2D eigenvalue weighted by molar-refractivity contribution is 0.0906. The van der Waals surface area contributed by atoms with Gasteiger partial charge in [-0.05, 0) is 19.8 Å². The van der Waals surface area contributed by atoms with E-state index in [4.69, 9.17) is 5.73 Å². The van der Waals surface area contributed by atoms with Crippen LogP contribution in [0, 0.1) is 6.92 Å². The number of rotatable bonds is 4. The van der Waals surface area contributed by atoms with Gasteiger partial charge in [0, 0.05) is 12.1 Å². The van der Waals surface area contributed by atoms with Crippen LogP contribution >= 0.6 is 36.2 Å². The molecule has 1 aliphatic carbocycles. The summed E-state index contributed by atoms with van der Waals surface area (Å²) in [5, 5.41) is 4.06. The van der Waals surface area contributed by atoms with Gasteiger partial charge in [0.2, 0.25) is 0 Å². The Hall–Kier alpha value is -1.14. The van der Waals surface area contributed by atoms with E-state index in [-0.39, 0.29) is 36.3 Å². The second-order valence-electron chi connectivity index (χ2n) is 5.95. The molecular weight excluding hydrogens is 365 g/mol. The Bertz CT molecular complexity index is 670. The average Bonchev–Trinajstić information content (AvgIpc) is 3.15. The molecule has 0 saturated heterocycles. The molecule has 0 unspecified atom stereocenters. The molecule has 1 heterocycles. The van der Waals surface area contributed by atoms with Crippen molar-refractivity contribution in [3.05, 3.63) is 40.9 Å². The largest absolute Gasteiger partial charge is 0.345 e. The summed E-state index contributed by atoms with van der Waals surface area (Å²) < 4.78 is 0. The van der Waals surface area contributed by atoms with Gasteiger partial charge in [-0.1, -0.05) is 43.2 Å². The number of amides is 1. The molecule has 132 valence electrons. The van der Waals surface area contributed by atoms with Crippen LogP contribution in [0.15, 0.2) is 30.3 Å². The van der Waals surface area contributed by atoms with E-state index < -0.39 is 0 Å². The number of carbonyl (C=O) groups is 1. The Balaban J connectivity index is 0.00000144. The van der Waals surface area contributed by atoms with Crippen molar-refractivity contribution in [3.8, 4) is 10.6 Å². The number of aryl methyl sites for hydroxylation is 1. The van der Waals surface area contributed by atoms with Crippen LogP contribution in [0.1, 0.15) is 41.0 Å². The number of halogens is 2. The Labute approximate surface area is 159 Å². The maximum absolute atomic E-state index is 12.6. The highest BCUT2D eigenvalue weighted by molar-refractivity contribution is 7.17. The monoisotopic (exact) mass is 387 g/mol. The first-order valence-corrected chi connectivity index (χ1v) is 8.51. The summed E-state index contributed by atoms with van der Waals surface area (Å²) in [6.45, 7) is 2.39. The first-order valence-electron chi connectivity index (χ1n) is 7.69. The smallest absolute Gasteiger partial charge is 0.263 e. The highest BCUT2D eigenvalue weighted by Gasteiger charge is 2.34. The summed E-state index contributed by atoms with van der Waals surface area (Å²) in [6, 6.07) is 9.96. The van der Waals surface area contributed by atoms with Gasteiger partial charge >= 0.3 is 0 Å². The summed E-state index contributed by atoms with van der Waals surface area (Å²) in [7, 11) is 0. The van der Waals surface area contributed by atoms with Gasteiger partial charge in [0.05, 0.1) is 11.2 Å². The molecule has 0 aliphatic heterocycles. The molecule has 1 aromatic carbocycles. The molecule has 1 fully saturated rings. The third-order valence-corrected chi connectivity index (χ3v) is 5.56. The first kappa shape index (κ1) is 20.9. The lowest BCUT2D eigenvalue weighted by Gasteiger charge is -2.28. The van der Waals surface area contributed by atoms with Crippen LogP contribution in [-0.2, 0) is 0 Å². The highest BCUT2D eigenvalue weighted by atomic mass is 35.5. The van der Waals surface area contributed by atoms with Crippen LogP contribution in [0.25, 0.3) is 10.6 Å². The number of hydrogen-bond donors (Lipinski definition) is 2. The fourth-order valence-electron chi connectivity index (χ4n) is 3.04. The summed E-state index contributed by atoms with van der Waals surface area (Å²) in [4.78, 5) is 17.9. The van der Waals surface area contributed by atoms with Crippen LogP contribution in [0.5, 0.6) is 0 Å². The van der Waals surface area contributed by atoms with E-state index in [9.17, 15) is 4.79 Å². The van der Waals surface area contributed by atoms with Gasteiger partial charge in [0.25, 0.3) is 5.91 Å². The SMILES string of the molecule is Cc1nc(-c2ccccc2)sc1C(=O)NC1(CN)CCCC1.Cl.Cl. The minimum absolute atomic E-state index is 0. The molecule has 4 nitrogen and oxygen atoms in total. The lowest BCUT2D eigenvalue weighted by atomic mass is 9.98. The van der Waals surface area contributed by atoms with Gasteiger partial charge in [-0.15, -0.1) is 36.2 Å². The van der Waals surface area contributed by atoms with Crippen LogP contribution in [0.2, 0.25) is 0 Å². The molecule has 0 bridgehead atoms. The predicted molar refractivity (Wildman–Crippen MR) is 105 cm³/mol. The van der Waals surface area contributed by atoms with E-state index in [1.807, 2.05) is 37.3 Å². The standard InChI is InChI=1S/C17H21N3OS.2ClH/c1-12-14(15(21)20-17(11-18)9-5-6-10-17)22-16(19-12)13-7-3-2-4-8-13;;/h2-4,7-8H,5-6,9-11,18H2,1H3,(H,20,21);2*1H. The molecule has 2 aromatic rings. The van der Waals surface area contributed by atoms with Crippen molar-refractivity contribution < 1.29 is 4.79 Å². The third kappa shape index (κ3) is 4.28. The van der Waals surface area contributed by atoms with Crippen molar-refractivity contribution in [1.82, 2.24) is 10.3 Å². The molecule has 3 N–H and O–H groups in total. The number of nitrogens with zero attached hydrogens (tertiary/aromatic N) is 1. The van der Waals surface area contributed by atoms with Gasteiger partial charge in [0.1, 0.15) is 9.88 Å². The molecule has 0 radical (unpaired) electrons. The zero-order valence-corrected chi connectivity index (χ0v) is 16.0. The van der Waals surface area contributed by atoms with Gasteiger partial charge in [-0.3, -0.25) is 4.79 Å². The number of carbonyl (C=O) groups excluding carboxylic acids is 1. The number of benzene rings is 1. The van der Waals surface area contributed by atoms with Gasteiger partial charge in [0.15, 0.2) is 0 Å². The third-order valence-electron chi connectivity index (χ3n) is 4.35. The molecular formula is C17H23Cl2N3OS. The second kappa shape index (κ2) is 8.81. The summed E-state index contributed by atoms with van der Waals surface area (Å²) >= 11 is 1.45. The molecule has 0 atom stereocenters. The van der Waals surface area contributed by atoms with Crippen LogP contribution in [0.3, 0.4) is 0 Å². The highest BCUT2D eigenvalue weighted by Crippen LogP contribution is 2.31. The van der Waals surface area contributed by atoms with Crippen molar-refractivity contribution in [2.45, 2.75) is 38.1 Å². The maximum atomic E-state index is 12.6. The zero-order valence-electron chi connectivity index (χ0n) is 13.6. The number of nitrogens with one attached hydrogen (secondary N) is 1.